The highest BCUT2D eigenvalue weighted by Gasteiger charge is 2.20. The van der Waals surface area contributed by atoms with E-state index in [9.17, 15) is 9.59 Å². The molecule has 1 aromatic rings. The molecule has 1 heterocycles. The molecule has 0 atom stereocenters. The molecule has 0 bridgehead atoms. The van der Waals surface area contributed by atoms with E-state index >= 15 is 0 Å². The zero-order chi connectivity index (χ0) is 15.9. The van der Waals surface area contributed by atoms with Gasteiger partial charge in [-0.3, -0.25) is 15.0 Å². The van der Waals surface area contributed by atoms with E-state index in [-0.39, 0.29) is 0 Å². The van der Waals surface area contributed by atoms with Crippen LogP contribution in [0.25, 0.3) is 0 Å². The van der Waals surface area contributed by atoms with Crippen molar-refractivity contribution in [2.24, 2.45) is 0 Å². The first-order valence-electron chi connectivity index (χ1n) is 6.80. The van der Waals surface area contributed by atoms with E-state index < -0.39 is 11.8 Å². The highest BCUT2D eigenvalue weighted by molar-refractivity contribution is 8.03. The van der Waals surface area contributed by atoms with Crippen LogP contribution in [0, 0.1) is 10.7 Å². The molecular formula is C14H17N5O2S. The van der Waals surface area contributed by atoms with Crippen molar-refractivity contribution >= 4 is 29.3 Å². The van der Waals surface area contributed by atoms with Crippen LogP contribution < -0.4 is 10.7 Å². The number of carbonyl (C=O) groups is 2. The second-order valence-corrected chi connectivity index (χ2v) is 5.76. The summed E-state index contributed by atoms with van der Waals surface area (Å²) in [5.74, 6) is -1.39. The average molecular weight is 319 g/mol. The summed E-state index contributed by atoms with van der Waals surface area (Å²) in [4.78, 5) is 26.6. The summed E-state index contributed by atoms with van der Waals surface area (Å²) < 4.78 is 0. The van der Waals surface area contributed by atoms with Gasteiger partial charge in [-0.15, -0.1) is 0 Å². The molecule has 116 valence electrons. The Bertz CT molecular complexity index is 576. The number of thioether (sulfide) groups is 1. The Hall–Kier alpha value is -2.08. The smallest absolute Gasteiger partial charge is 0.318 e. The number of nitrogens with one attached hydrogen (secondary N) is 2. The van der Waals surface area contributed by atoms with Gasteiger partial charge in [0.25, 0.3) is 0 Å². The summed E-state index contributed by atoms with van der Waals surface area (Å²) in [6.45, 7) is 3.07. The Morgan fingerprint density at radius 2 is 1.77 bits per heavy atom. The molecular weight excluding hydrogens is 302 g/mol. The summed E-state index contributed by atoms with van der Waals surface area (Å²) in [6.07, 6.45) is 0. The molecule has 0 unspecified atom stereocenters. The van der Waals surface area contributed by atoms with Crippen molar-refractivity contribution in [1.82, 2.24) is 15.3 Å². The van der Waals surface area contributed by atoms with Crippen molar-refractivity contribution in [2.75, 3.05) is 38.5 Å². The maximum Gasteiger partial charge on any atom is 0.323 e. The maximum absolute atomic E-state index is 11.8. The van der Waals surface area contributed by atoms with Crippen LogP contribution >= 0.6 is 11.8 Å². The molecule has 2 N–H and O–H groups in total. The Morgan fingerprint density at radius 3 is 2.36 bits per heavy atom. The highest BCUT2D eigenvalue weighted by atomic mass is 32.2. The molecule has 2 rings (SSSR count). The Morgan fingerprint density at radius 1 is 1.14 bits per heavy atom. The number of benzene rings is 1. The zero-order valence-corrected chi connectivity index (χ0v) is 13.0. The third kappa shape index (κ3) is 4.73. The minimum atomic E-state index is -0.709. The highest BCUT2D eigenvalue weighted by Crippen LogP contribution is 2.18. The topological polar surface area (TPSA) is 88.5 Å². The second kappa shape index (κ2) is 7.79. The summed E-state index contributed by atoms with van der Waals surface area (Å²) in [5, 5.41) is 14.8. The van der Waals surface area contributed by atoms with Gasteiger partial charge >= 0.3 is 11.8 Å². The molecule has 22 heavy (non-hydrogen) atoms. The van der Waals surface area contributed by atoms with Gasteiger partial charge in [0.05, 0.1) is 0 Å². The third-order valence-corrected chi connectivity index (χ3v) is 3.84. The van der Waals surface area contributed by atoms with Crippen molar-refractivity contribution in [3.05, 3.63) is 24.3 Å². The van der Waals surface area contributed by atoms with Crippen LogP contribution in [-0.4, -0.2) is 54.9 Å². The largest absolute Gasteiger partial charge is 0.323 e. The van der Waals surface area contributed by atoms with Crippen molar-refractivity contribution < 1.29 is 9.59 Å². The number of nitriles is 1. The maximum atomic E-state index is 11.8. The minimum absolute atomic E-state index is 0.515. The SMILES string of the molecule is CN1CCN(NC(=O)C(=O)Nc2ccc(SC#N)cc2)CC1. The molecule has 0 saturated carbocycles. The lowest BCUT2D eigenvalue weighted by molar-refractivity contribution is -0.139. The van der Waals surface area contributed by atoms with Gasteiger partial charge in [0.2, 0.25) is 0 Å². The molecule has 1 aliphatic heterocycles. The number of amides is 2. The normalized spacial score (nSPS) is 15.8. The van der Waals surface area contributed by atoms with Gasteiger partial charge in [0.15, 0.2) is 0 Å². The number of likely N-dealkylation sites (N-methyl/N-ethyl adjacent to an activating group) is 1. The van der Waals surface area contributed by atoms with E-state index in [1.807, 2.05) is 12.4 Å². The van der Waals surface area contributed by atoms with Crippen LogP contribution in [0.15, 0.2) is 29.2 Å². The number of carbonyl (C=O) groups excluding carboxylic acids is 2. The van der Waals surface area contributed by atoms with Gasteiger partial charge < -0.3 is 10.2 Å². The number of anilines is 1. The molecule has 1 fully saturated rings. The van der Waals surface area contributed by atoms with E-state index in [0.717, 1.165) is 29.7 Å². The van der Waals surface area contributed by atoms with Crippen LogP contribution in [0.2, 0.25) is 0 Å². The van der Waals surface area contributed by atoms with Gasteiger partial charge in [-0.05, 0) is 43.1 Å². The molecule has 0 aromatic heterocycles. The van der Waals surface area contributed by atoms with Crippen LogP contribution in [0.1, 0.15) is 0 Å². The van der Waals surface area contributed by atoms with Gasteiger partial charge in [-0.25, -0.2) is 5.01 Å². The Balaban J connectivity index is 1.83. The van der Waals surface area contributed by atoms with Crippen molar-refractivity contribution in [3.8, 4) is 5.40 Å². The lowest BCUT2D eigenvalue weighted by atomic mass is 10.3. The fraction of sp³-hybridized carbons (Fsp3) is 0.357. The predicted molar refractivity (Wildman–Crippen MR) is 83.8 cm³/mol. The van der Waals surface area contributed by atoms with E-state index in [1.54, 1.807) is 29.3 Å². The van der Waals surface area contributed by atoms with E-state index in [1.165, 1.54) is 0 Å². The predicted octanol–water partition coefficient (Wildman–Crippen LogP) is 0.477. The number of nitrogens with zero attached hydrogens (tertiary/aromatic N) is 3. The van der Waals surface area contributed by atoms with Gasteiger partial charge in [0.1, 0.15) is 5.40 Å². The molecule has 0 radical (unpaired) electrons. The molecule has 7 nitrogen and oxygen atoms in total. The summed E-state index contributed by atoms with van der Waals surface area (Å²) in [6, 6.07) is 6.73. The first kappa shape index (κ1) is 16.3. The Labute approximate surface area is 133 Å². The van der Waals surface area contributed by atoms with Crippen molar-refractivity contribution in [2.45, 2.75) is 4.90 Å². The van der Waals surface area contributed by atoms with E-state index in [0.29, 0.717) is 18.8 Å². The fourth-order valence-corrected chi connectivity index (χ4v) is 2.34. The number of piperazine rings is 1. The van der Waals surface area contributed by atoms with E-state index in [4.69, 9.17) is 5.26 Å². The summed E-state index contributed by atoms with van der Waals surface area (Å²) >= 11 is 1.04. The Kier molecular flexibility index (Phi) is 5.77. The van der Waals surface area contributed by atoms with Crippen LogP contribution in [0.4, 0.5) is 5.69 Å². The quantitative estimate of drug-likeness (QED) is 0.478. The molecule has 8 heteroatoms. The first-order valence-corrected chi connectivity index (χ1v) is 7.61. The minimum Gasteiger partial charge on any atom is -0.318 e. The van der Waals surface area contributed by atoms with Crippen LogP contribution in [-0.2, 0) is 9.59 Å². The number of rotatable bonds is 3. The fourth-order valence-electron chi connectivity index (χ4n) is 1.96. The van der Waals surface area contributed by atoms with E-state index in [2.05, 4.69) is 15.6 Å². The summed E-state index contributed by atoms with van der Waals surface area (Å²) in [7, 11) is 2.01. The molecule has 0 spiro atoms. The monoisotopic (exact) mass is 319 g/mol. The van der Waals surface area contributed by atoms with Crippen molar-refractivity contribution in [3.63, 3.8) is 0 Å². The molecule has 2 amide bonds. The standard InChI is InChI=1S/C14H17N5O2S/c1-18-6-8-19(9-7-18)17-14(21)13(20)16-11-2-4-12(5-3-11)22-10-15/h2-5H,6-9H2,1H3,(H,16,20)(H,17,21). The molecule has 1 aliphatic rings. The number of thiocyanates is 1. The average Bonchev–Trinajstić information content (AvgIpc) is 2.51. The van der Waals surface area contributed by atoms with Gasteiger partial charge in [0, 0.05) is 36.8 Å². The van der Waals surface area contributed by atoms with Gasteiger partial charge in [-0.2, -0.15) is 5.26 Å². The van der Waals surface area contributed by atoms with Crippen molar-refractivity contribution in [1.29, 1.82) is 5.26 Å². The zero-order valence-electron chi connectivity index (χ0n) is 12.2. The van der Waals surface area contributed by atoms with Crippen LogP contribution in [0.5, 0.6) is 0 Å². The lowest BCUT2D eigenvalue weighted by Crippen LogP contribution is -2.54. The first-order chi connectivity index (χ1) is 10.6. The molecule has 1 saturated heterocycles. The number of hydrogen-bond acceptors (Lipinski definition) is 6. The molecule has 0 aliphatic carbocycles. The third-order valence-electron chi connectivity index (χ3n) is 3.24. The lowest BCUT2D eigenvalue weighted by Gasteiger charge is -2.32. The van der Waals surface area contributed by atoms with Crippen LogP contribution in [0.3, 0.4) is 0 Å². The second-order valence-electron chi connectivity index (χ2n) is 4.90. The number of hydrogen-bond donors (Lipinski definition) is 2. The number of hydrazine groups is 1. The molecule has 1 aromatic carbocycles. The van der Waals surface area contributed by atoms with Gasteiger partial charge in [-0.1, -0.05) is 0 Å². The summed E-state index contributed by atoms with van der Waals surface area (Å²) in [5.41, 5.74) is 3.11.